The van der Waals surface area contributed by atoms with Crippen LogP contribution in [-0.2, 0) is 11.2 Å². The summed E-state index contributed by atoms with van der Waals surface area (Å²) in [5.74, 6) is -1.62. The highest BCUT2D eigenvalue weighted by Crippen LogP contribution is 2.12. The Bertz CT molecular complexity index is 943. The van der Waals surface area contributed by atoms with Gasteiger partial charge in [0.05, 0.1) is 5.52 Å². The summed E-state index contributed by atoms with van der Waals surface area (Å²) in [4.78, 5) is 28.4. The second kappa shape index (κ2) is 7.09. The second-order valence-electron chi connectivity index (χ2n) is 5.65. The van der Waals surface area contributed by atoms with Crippen LogP contribution in [0.4, 0.5) is 4.39 Å². The molecule has 1 aromatic heterocycles. The number of halogens is 1. The number of primary amides is 1. The molecule has 3 N–H and O–H groups in total. The van der Waals surface area contributed by atoms with E-state index in [-0.39, 0.29) is 12.1 Å². The van der Waals surface area contributed by atoms with Gasteiger partial charge in [0, 0.05) is 11.8 Å². The summed E-state index contributed by atoms with van der Waals surface area (Å²) in [7, 11) is 0. The summed E-state index contributed by atoms with van der Waals surface area (Å²) in [5.41, 5.74) is 6.80. The highest BCUT2D eigenvalue weighted by molar-refractivity contribution is 5.97. The Labute approximate surface area is 143 Å². The van der Waals surface area contributed by atoms with E-state index in [9.17, 15) is 14.0 Å². The summed E-state index contributed by atoms with van der Waals surface area (Å²) in [6.07, 6.45) is 0.104. The number of benzene rings is 2. The number of pyridine rings is 1. The number of para-hydroxylation sites is 1. The molecule has 0 saturated heterocycles. The van der Waals surface area contributed by atoms with Crippen molar-refractivity contribution in [2.75, 3.05) is 0 Å². The lowest BCUT2D eigenvalue weighted by Gasteiger charge is -2.15. The van der Waals surface area contributed by atoms with Crippen LogP contribution in [0.15, 0.2) is 60.7 Å². The van der Waals surface area contributed by atoms with Crippen LogP contribution >= 0.6 is 0 Å². The molecule has 0 radical (unpaired) electrons. The van der Waals surface area contributed by atoms with Gasteiger partial charge in [0.15, 0.2) is 0 Å². The lowest BCUT2D eigenvalue weighted by molar-refractivity contribution is -0.119. The Balaban J connectivity index is 1.78. The highest BCUT2D eigenvalue weighted by Gasteiger charge is 2.20. The first-order chi connectivity index (χ1) is 12.0. The monoisotopic (exact) mass is 337 g/mol. The van der Waals surface area contributed by atoms with Crippen molar-refractivity contribution in [3.8, 4) is 0 Å². The lowest BCUT2D eigenvalue weighted by Crippen LogP contribution is -2.46. The molecule has 0 aliphatic carbocycles. The molecule has 5 nitrogen and oxygen atoms in total. The molecule has 6 heteroatoms. The predicted octanol–water partition coefficient (Wildman–Crippen LogP) is 2.20. The van der Waals surface area contributed by atoms with Crippen molar-refractivity contribution in [3.63, 3.8) is 0 Å². The third-order valence-electron chi connectivity index (χ3n) is 3.81. The minimum atomic E-state index is -0.956. The topological polar surface area (TPSA) is 85.1 Å². The van der Waals surface area contributed by atoms with Gasteiger partial charge in [0.2, 0.25) is 5.91 Å². The van der Waals surface area contributed by atoms with Crippen LogP contribution < -0.4 is 11.1 Å². The van der Waals surface area contributed by atoms with Crippen molar-refractivity contribution in [1.82, 2.24) is 10.3 Å². The van der Waals surface area contributed by atoms with Crippen molar-refractivity contribution in [1.29, 1.82) is 0 Å². The summed E-state index contributed by atoms with van der Waals surface area (Å²) in [5, 5.41) is 3.47. The first kappa shape index (κ1) is 16.6. The summed E-state index contributed by atoms with van der Waals surface area (Å²) >= 11 is 0. The molecule has 0 aliphatic rings. The molecule has 2 amide bonds. The van der Waals surface area contributed by atoms with Crippen molar-refractivity contribution in [3.05, 3.63) is 77.7 Å². The number of nitrogens with one attached hydrogen (secondary N) is 1. The molecule has 0 bridgehead atoms. The molecule has 0 fully saturated rings. The summed E-state index contributed by atoms with van der Waals surface area (Å²) < 4.78 is 13.3. The number of carbonyl (C=O) groups is 2. The lowest BCUT2D eigenvalue weighted by atomic mass is 10.0. The molecule has 3 rings (SSSR count). The van der Waals surface area contributed by atoms with Gasteiger partial charge in [-0.05, 0) is 29.8 Å². The van der Waals surface area contributed by atoms with E-state index in [1.807, 2.05) is 18.2 Å². The molecule has 0 unspecified atom stereocenters. The average molecular weight is 337 g/mol. The van der Waals surface area contributed by atoms with E-state index in [1.165, 1.54) is 18.2 Å². The van der Waals surface area contributed by atoms with Gasteiger partial charge in [-0.2, -0.15) is 0 Å². The van der Waals surface area contributed by atoms with Crippen LogP contribution in [0.5, 0.6) is 0 Å². The molecule has 1 atom stereocenters. The Morgan fingerprint density at radius 1 is 1.08 bits per heavy atom. The largest absolute Gasteiger partial charge is 0.368 e. The van der Waals surface area contributed by atoms with Gasteiger partial charge in [-0.25, -0.2) is 9.37 Å². The Morgan fingerprint density at radius 2 is 1.88 bits per heavy atom. The average Bonchev–Trinajstić information content (AvgIpc) is 2.60. The molecule has 0 spiro atoms. The standard InChI is InChI=1S/C19H16FN3O2/c20-14-6-3-4-12(10-14)11-17(18(21)24)23-19(25)16-9-8-13-5-1-2-7-15(13)22-16/h1-10,17H,11H2,(H2,21,24)(H,23,25)/t17-/m1/s1. The number of hydrogen-bond acceptors (Lipinski definition) is 3. The number of carbonyl (C=O) groups excluding carboxylic acids is 2. The van der Waals surface area contributed by atoms with E-state index in [1.54, 1.807) is 24.3 Å². The van der Waals surface area contributed by atoms with Gasteiger partial charge in [-0.1, -0.05) is 36.4 Å². The normalized spacial score (nSPS) is 11.9. The molecule has 25 heavy (non-hydrogen) atoms. The van der Waals surface area contributed by atoms with E-state index in [4.69, 9.17) is 5.73 Å². The SMILES string of the molecule is NC(=O)[C@@H](Cc1cccc(F)c1)NC(=O)c1ccc2ccccc2n1. The number of fused-ring (bicyclic) bond motifs is 1. The molecular weight excluding hydrogens is 321 g/mol. The third-order valence-corrected chi connectivity index (χ3v) is 3.81. The molecule has 3 aromatic rings. The van der Waals surface area contributed by atoms with Gasteiger partial charge in [-0.3, -0.25) is 9.59 Å². The molecule has 0 aliphatic heterocycles. The van der Waals surface area contributed by atoms with E-state index in [2.05, 4.69) is 10.3 Å². The summed E-state index contributed by atoms with van der Waals surface area (Å²) in [6, 6.07) is 15.6. The maximum absolute atomic E-state index is 13.3. The second-order valence-corrected chi connectivity index (χ2v) is 5.65. The molecule has 0 saturated carbocycles. The maximum atomic E-state index is 13.3. The van der Waals surface area contributed by atoms with Crippen LogP contribution in [0.25, 0.3) is 10.9 Å². The first-order valence-electron chi connectivity index (χ1n) is 7.73. The van der Waals surface area contributed by atoms with Crippen LogP contribution in [0, 0.1) is 5.82 Å². The first-order valence-corrected chi connectivity index (χ1v) is 7.73. The van der Waals surface area contributed by atoms with E-state index < -0.39 is 23.7 Å². The van der Waals surface area contributed by atoms with Gasteiger partial charge < -0.3 is 11.1 Å². The minimum absolute atomic E-state index is 0.104. The van der Waals surface area contributed by atoms with Gasteiger partial charge in [0.1, 0.15) is 17.6 Å². The van der Waals surface area contributed by atoms with Crippen molar-refractivity contribution in [2.24, 2.45) is 5.73 Å². The fourth-order valence-corrected chi connectivity index (χ4v) is 2.55. The van der Waals surface area contributed by atoms with Gasteiger partial charge >= 0.3 is 0 Å². The number of hydrogen-bond donors (Lipinski definition) is 2. The van der Waals surface area contributed by atoms with Crippen molar-refractivity contribution >= 4 is 22.7 Å². The fourth-order valence-electron chi connectivity index (χ4n) is 2.55. The molecule has 1 heterocycles. The number of nitrogens with two attached hydrogens (primary N) is 1. The van der Waals surface area contributed by atoms with Crippen molar-refractivity contribution < 1.29 is 14.0 Å². The van der Waals surface area contributed by atoms with Gasteiger partial charge in [-0.15, -0.1) is 0 Å². The zero-order valence-electron chi connectivity index (χ0n) is 13.3. The molecule has 2 aromatic carbocycles. The van der Waals surface area contributed by atoms with E-state index >= 15 is 0 Å². The number of aromatic nitrogens is 1. The van der Waals surface area contributed by atoms with Crippen LogP contribution in [0.3, 0.4) is 0 Å². The zero-order valence-corrected chi connectivity index (χ0v) is 13.3. The summed E-state index contributed by atoms with van der Waals surface area (Å²) in [6.45, 7) is 0. The van der Waals surface area contributed by atoms with E-state index in [0.717, 1.165) is 5.39 Å². The molecule has 126 valence electrons. The Morgan fingerprint density at radius 3 is 2.64 bits per heavy atom. The zero-order chi connectivity index (χ0) is 17.8. The number of amides is 2. The number of nitrogens with zero attached hydrogens (tertiary/aromatic N) is 1. The third kappa shape index (κ3) is 3.98. The number of rotatable bonds is 5. The smallest absolute Gasteiger partial charge is 0.270 e. The minimum Gasteiger partial charge on any atom is -0.368 e. The van der Waals surface area contributed by atoms with Crippen LogP contribution in [0.1, 0.15) is 16.1 Å². The van der Waals surface area contributed by atoms with Crippen LogP contribution in [-0.4, -0.2) is 22.8 Å². The van der Waals surface area contributed by atoms with Crippen LogP contribution in [0.2, 0.25) is 0 Å². The molecular formula is C19H16FN3O2. The Kier molecular flexibility index (Phi) is 4.70. The quantitative estimate of drug-likeness (QED) is 0.748. The van der Waals surface area contributed by atoms with Crippen molar-refractivity contribution in [2.45, 2.75) is 12.5 Å². The fraction of sp³-hybridized carbons (Fsp3) is 0.105. The maximum Gasteiger partial charge on any atom is 0.270 e. The van der Waals surface area contributed by atoms with E-state index in [0.29, 0.717) is 11.1 Å². The Hall–Kier alpha value is -3.28. The van der Waals surface area contributed by atoms with Gasteiger partial charge in [0.25, 0.3) is 5.91 Å². The predicted molar refractivity (Wildman–Crippen MR) is 92.3 cm³/mol. The highest BCUT2D eigenvalue weighted by atomic mass is 19.1.